The summed E-state index contributed by atoms with van der Waals surface area (Å²) >= 11 is 0. The number of anilines is 1. The van der Waals surface area contributed by atoms with E-state index in [2.05, 4.69) is 20.5 Å². The zero-order valence-electron chi connectivity index (χ0n) is 24.0. The second-order valence-electron chi connectivity index (χ2n) is 10.5. The first-order valence-electron chi connectivity index (χ1n) is 14.1. The van der Waals surface area contributed by atoms with E-state index in [4.69, 9.17) is 4.74 Å². The molecular weight excluding hydrogens is 548 g/mol. The molecule has 0 aliphatic carbocycles. The summed E-state index contributed by atoms with van der Waals surface area (Å²) < 4.78 is 7.83. The third-order valence-corrected chi connectivity index (χ3v) is 7.84. The van der Waals surface area contributed by atoms with Crippen LogP contribution in [0.1, 0.15) is 26.3 Å². The molecule has 1 saturated heterocycles. The van der Waals surface area contributed by atoms with Crippen LogP contribution < -0.4 is 15.4 Å². The van der Waals surface area contributed by atoms with Gasteiger partial charge in [0.1, 0.15) is 11.4 Å². The normalized spacial score (nSPS) is 15.9. The van der Waals surface area contributed by atoms with Crippen molar-refractivity contribution in [3.8, 4) is 16.9 Å². The van der Waals surface area contributed by atoms with Crippen LogP contribution in [0.2, 0.25) is 0 Å². The van der Waals surface area contributed by atoms with Crippen molar-refractivity contribution >= 4 is 40.5 Å². The number of hydrogen-bond donors (Lipinski definition) is 3. The summed E-state index contributed by atoms with van der Waals surface area (Å²) in [6.45, 7) is 3.50. The van der Waals surface area contributed by atoms with Gasteiger partial charge in [-0.2, -0.15) is 0 Å². The Hall–Kier alpha value is -5.00. The predicted molar refractivity (Wildman–Crippen MR) is 163 cm³/mol. The Bertz CT molecular complexity index is 1750. The number of allylic oxidation sites excluding steroid dienone is 1. The maximum atomic E-state index is 13.3. The van der Waals surface area contributed by atoms with E-state index in [0.717, 1.165) is 40.8 Å². The fourth-order valence-electron chi connectivity index (χ4n) is 5.58. The molecule has 2 aliphatic rings. The molecule has 2 aromatic carbocycles. The minimum Gasteiger partial charge on any atom is -0.452 e. The average Bonchev–Trinajstić information content (AvgIpc) is 3.52. The van der Waals surface area contributed by atoms with Crippen molar-refractivity contribution in [2.24, 2.45) is 7.05 Å². The van der Waals surface area contributed by atoms with Crippen LogP contribution in [-0.2, 0) is 7.05 Å². The number of urea groups is 1. The first kappa shape index (κ1) is 28.1. The van der Waals surface area contributed by atoms with E-state index < -0.39 is 0 Å². The standard InChI is InChI=1S/C32H32N6O5/c1-33-32(42)35-23-7-8-26-25(18-23)29(40)27(43-26)17-22-19-36(2)30-28(22)24(9-10-34-30)20-3-5-21(6-4-20)31(41)38-13-11-37(12-14-38)15-16-39/h3-10,17-19,39H,11-16H2,1-2H3,(H2,33,35,42). The minimum atomic E-state index is -0.382. The fourth-order valence-corrected chi connectivity index (χ4v) is 5.58. The average molecular weight is 581 g/mol. The van der Waals surface area contributed by atoms with Gasteiger partial charge in [0.25, 0.3) is 5.91 Å². The van der Waals surface area contributed by atoms with Gasteiger partial charge < -0.3 is 29.9 Å². The Morgan fingerprint density at radius 2 is 1.81 bits per heavy atom. The highest BCUT2D eigenvalue weighted by molar-refractivity contribution is 6.16. The van der Waals surface area contributed by atoms with Gasteiger partial charge in [0.05, 0.1) is 12.2 Å². The van der Waals surface area contributed by atoms with Crippen molar-refractivity contribution in [3.05, 3.63) is 83.4 Å². The lowest BCUT2D eigenvalue weighted by Gasteiger charge is -2.34. The third-order valence-electron chi connectivity index (χ3n) is 7.84. The van der Waals surface area contributed by atoms with E-state index in [1.165, 1.54) is 7.05 Å². The summed E-state index contributed by atoms with van der Waals surface area (Å²) in [6.07, 6.45) is 5.37. The van der Waals surface area contributed by atoms with Gasteiger partial charge in [0.15, 0.2) is 5.76 Å². The highest BCUT2D eigenvalue weighted by Gasteiger charge is 2.29. The number of pyridine rings is 1. The molecule has 0 spiro atoms. The van der Waals surface area contributed by atoms with E-state index in [1.807, 2.05) is 53.0 Å². The van der Waals surface area contributed by atoms with Crippen molar-refractivity contribution < 1.29 is 24.2 Å². The molecule has 43 heavy (non-hydrogen) atoms. The molecular formula is C32H32N6O5. The molecule has 11 heteroatoms. The molecule has 0 unspecified atom stereocenters. The van der Waals surface area contributed by atoms with Crippen LogP contribution in [0.15, 0.2) is 66.7 Å². The van der Waals surface area contributed by atoms with Gasteiger partial charge in [-0.15, -0.1) is 0 Å². The Morgan fingerprint density at radius 3 is 2.53 bits per heavy atom. The fraction of sp³-hybridized carbons (Fsp3) is 0.250. The van der Waals surface area contributed by atoms with Gasteiger partial charge in [0.2, 0.25) is 5.78 Å². The number of β-amino-alcohol motifs (C(OH)–C–C–N with tert-alkyl or cyclic N) is 1. The third kappa shape index (κ3) is 5.47. The maximum Gasteiger partial charge on any atom is 0.318 e. The quantitative estimate of drug-likeness (QED) is 0.298. The van der Waals surface area contributed by atoms with Crippen molar-refractivity contribution in [3.63, 3.8) is 0 Å². The van der Waals surface area contributed by atoms with Gasteiger partial charge in [-0.05, 0) is 53.6 Å². The lowest BCUT2D eigenvalue weighted by atomic mass is 9.99. The van der Waals surface area contributed by atoms with E-state index in [0.29, 0.717) is 42.2 Å². The second-order valence-corrected chi connectivity index (χ2v) is 10.5. The molecule has 0 radical (unpaired) electrons. The van der Waals surface area contributed by atoms with Crippen molar-refractivity contribution in [2.45, 2.75) is 0 Å². The molecule has 0 saturated carbocycles. The number of ether oxygens (including phenoxy) is 1. The first-order chi connectivity index (χ1) is 20.9. The molecule has 2 aromatic heterocycles. The smallest absolute Gasteiger partial charge is 0.318 e. The van der Waals surface area contributed by atoms with Gasteiger partial charge in [-0.3, -0.25) is 14.5 Å². The predicted octanol–water partition coefficient (Wildman–Crippen LogP) is 3.36. The Labute approximate surface area is 248 Å². The summed E-state index contributed by atoms with van der Waals surface area (Å²) in [5, 5.41) is 15.2. The number of carbonyl (C=O) groups excluding carboxylic acids is 3. The molecule has 11 nitrogen and oxygen atoms in total. The van der Waals surface area contributed by atoms with Crippen LogP contribution in [0.3, 0.4) is 0 Å². The zero-order valence-corrected chi connectivity index (χ0v) is 24.0. The minimum absolute atomic E-state index is 0.00894. The number of aryl methyl sites for hydroxylation is 1. The number of amides is 3. The molecule has 0 bridgehead atoms. The van der Waals surface area contributed by atoms with E-state index >= 15 is 0 Å². The van der Waals surface area contributed by atoms with E-state index in [-0.39, 0.29) is 30.1 Å². The summed E-state index contributed by atoms with van der Waals surface area (Å²) in [4.78, 5) is 46.7. The number of carbonyl (C=O) groups is 3. The van der Waals surface area contributed by atoms with Crippen LogP contribution in [0, 0.1) is 0 Å². The highest BCUT2D eigenvalue weighted by atomic mass is 16.5. The molecule has 3 amide bonds. The molecule has 1 fully saturated rings. The van der Waals surface area contributed by atoms with Crippen molar-refractivity contribution in [1.29, 1.82) is 0 Å². The SMILES string of the molecule is CNC(=O)Nc1ccc2c(c1)C(=O)C(=Cc1cn(C)c3nccc(-c4ccc(C(=O)N5CCN(CCO)CC5)cc4)c13)O2. The number of hydrogen-bond acceptors (Lipinski definition) is 7. The van der Waals surface area contributed by atoms with Crippen LogP contribution in [0.5, 0.6) is 5.75 Å². The van der Waals surface area contributed by atoms with E-state index in [9.17, 15) is 19.5 Å². The second kappa shape index (κ2) is 11.7. The highest BCUT2D eigenvalue weighted by Crippen LogP contribution is 2.37. The van der Waals surface area contributed by atoms with Crippen LogP contribution in [0.4, 0.5) is 10.5 Å². The maximum absolute atomic E-state index is 13.3. The summed E-state index contributed by atoms with van der Waals surface area (Å²) in [5.41, 5.74) is 4.80. The van der Waals surface area contributed by atoms with Gasteiger partial charge in [-0.25, -0.2) is 9.78 Å². The molecule has 220 valence electrons. The Balaban J connectivity index is 1.27. The summed E-state index contributed by atoms with van der Waals surface area (Å²) in [7, 11) is 3.41. The lowest BCUT2D eigenvalue weighted by molar-refractivity contribution is 0.0615. The first-order valence-corrected chi connectivity index (χ1v) is 14.1. The van der Waals surface area contributed by atoms with Gasteiger partial charge in [0, 0.05) is 81.4 Å². The molecule has 4 heterocycles. The van der Waals surface area contributed by atoms with Crippen LogP contribution in [-0.4, -0.2) is 88.6 Å². The number of nitrogens with one attached hydrogen (secondary N) is 2. The zero-order chi connectivity index (χ0) is 30.1. The lowest BCUT2D eigenvalue weighted by Crippen LogP contribution is -2.49. The number of aliphatic hydroxyl groups is 1. The number of piperazine rings is 1. The van der Waals surface area contributed by atoms with Crippen molar-refractivity contribution in [1.82, 2.24) is 24.7 Å². The number of benzene rings is 2. The van der Waals surface area contributed by atoms with E-state index in [1.54, 1.807) is 30.5 Å². The largest absolute Gasteiger partial charge is 0.452 e. The number of rotatable bonds is 6. The molecule has 2 aliphatic heterocycles. The summed E-state index contributed by atoms with van der Waals surface area (Å²) in [5.74, 6) is 0.310. The Kier molecular flexibility index (Phi) is 7.66. The summed E-state index contributed by atoms with van der Waals surface area (Å²) in [6, 6.07) is 14.0. The monoisotopic (exact) mass is 580 g/mol. The molecule has 6 rings (SSSR count). The van der Waals surface area contributed by atoms with Crippen LogP contribution in [0.25, 0.3) is 28.2 Å². The number of aliphatic hydroxyl groups excluding tert-OH is 1. The van der Waals surface area contributed by atoms with Gasteiger partial charge >= 0.3 is 6.03 Å². The number of Topliss-reactive ketones (excluding diaryl/α,β-unsaturated/α-hetero) is 1. The molecule has 0 atom stereocenters. The number of aromatic nitrogens is 2. The van der Waals surface area contributed by atoms with Crippen LogP contribution >= 0.6 is 0 Å². The molecule has 3 N–H and O–H groups in total. The van der Waals surface area contributed by atoms with Crippen molar-refractivity contribution in [2.75, 3.05) is 51.7 Å². The number of ketones is 1. The number of fused-ring (bicyclic) bond motifs is 2. The molecule has 4 aromatic rings. The topological polar surface area (TPSA) is 129 Å². The Morgan fingerprint density at radius 1 is 1.05 bits per heavy atom. The number of nitrogens with zero attached hydrogens (tertiary/aromatic N) is 4. The van der Waals surface area contributed by atoms with Gasteiger partial charge in [-0.1, -0.05) is 12.1 Å².